The molecule has 0 radical (unpaired) electrons. The molecule has 1 rings (SSSR count). The zero-order chi connectivity index (χ0) is 14.2. The van der Waals surface area contributed by atoms with E-state index in [0.29, 0.717) is 0 Å². The summed E-state index contributed by atoms with van der Waals surface area (Å²) in [7, 11) is -3.20. The minimum atomic E-state index is -4.40. The first kappa shape index (κ1) is 14.4. The predicted molar refractivity (Wildman–Crippen MR) is 63.3 cm³/mol. The van der Waals surface area contributed by atoms with Crippen molar-refractivity contribution in [3.8, 4) is 5.88 Å². The van der Waals surface area contributed by atoms with Crippen LogP contribution in [0.4, 0.5) is 0 Å². The highest BCUT2D eigenvalue weighted by molar-refractivity contribution is 7.85. The van der Waals surface area contributed by atoms with E-state index >= 15 is 0 Å². The van der Waals surface area contributed by atoms with Crippen molar-refractivity contribution < 1.29 is 22.9 Å². The van der Waals surface area contributed by atoms with Gasteiger partial charge in [-0.2, -0.15) is 8.42 Å². The summed E-state index contributed by atoms with van der Waals surface area (Å²) in [6.07, 6.45) is 0. The van der Waals surface area contributed by atoms with Crippen molar-refractivity contribution in [2.24, 2.45) is 7.05 Å². The van der Waals surface area contributed by atoms with Gasteiger partial charge in [0.1, 0.15) is 5.75 Å². The van der Waals surface area contributed by atoms with Crippen LogP contribution >= 0.6 is 0 Å². The van der Waals surface area contributed by atoms with E-state index in [2.05, 4.69) is 0 Å². The van der Waals surface area contributed by atoms with E-state index in [1.807, 2.05) is 0 Å². The summed E-state index contributed by atoms with van der Waals surface area (Å²) in [6.45, 7) is 2.53. The number of aromatic hydroxyl groups is 1. The maximum atomic E-state index is 11.8. The van der Waals surface area contributed by atoms with Crippen molar-refractivity contribution in [2.75, 3.05) is 0 Å². The van der Waals surface area contributed by atoms with E-state index in [0.717, 1.165) is 4.57 Å². The van der Waals surface area contributed by atoms with E-state index in [1.165, 1.54) is 20.9 Å². The van der Waals surface area contributed by atoms with E-state index in [1.54, 1.807) is 0 Å². The molecule has 7 nitrogen and oxygen atoms in total. The lowest BCUT2D eigenvalue weighted by atomic mass is 10.0. The summed E-state index contributed by atoms with van der Waals surface area (Å²) in [6, 6.07) is 0. The van der Waals surface area contributed by atoms with Crippen molar-refractivity contribution >= 4 is 15.9 Å². The van der Waals surface area contributed by atoms with Crippen LogP contribution in [0, 0.1) is 6.92 Å². The molecule has 0 unspecified atom stereocenters. The summed E-state index contributed by atoms with van der Waals surface area (Å²) < 4.78 is 31.2. The molecule has 0 aliphatic rings. The molecular formula is C10H13NO6S. The molecular weight excluding hydrogens is 262 g/mol. The molecule has 18 heavy (non-hydrogen) atoms. The second-order valence-corrected chi connectivity index (χ2v) is 5.40. The third-order valence-corrected chi connectivity index (χ3v) is 3.26. The first-order valence-electron chi connectivity index (χ1n) is 4.93. The zero-order valence-corrected chi connectivity index (χ0v) is 10.9. The molecule has 0 fully saturated rings. The van der Waals surface area contributed by atoms with Gasteiger partial charge < -0.3 is 5.11 Å². The zero-order valence-electron chi connectivity index (χ0n) is 10.1. The van der Waals surface area contributed by atoms with Crippen LogP contribution in [0.15, 0.2) is 4.79 Å². The van der Waals surface area contributed by atoms with Crippen LogP contribution in [0.25, 0.3) is 0 Å². The average molecular weight is 275 g/mol. The number of rotatable bonds is 3. The smallest absolute Gasteiger partial charge is 0.269 e. The number of hydrogen-bond acceptors (Lipinski definition) is 5. The lowest BCUT2D eigenvalue weighted by Gasteiger charge is -2.13. The fourth-order valence-electron chi connectivity index (χ4n) is 1.72. The largest absolute Gasteiger partial charge is 0.494 e. The minimum Gasteiger partial charge on any atom is -0.494 e. The van der Waals surface area contributed by atoms with Gasteiger partial charge in [-0.05, 0) is 19.4 Å². The number of carbonyl (C=O) groups is 1. The number of nitrogens with zero attached hydrogens (tertiary/aromatic N) is 1. The monoisotopic (exact) mass is 275 g/mol. The Kier molecular flexibility index (Phi) is 3.63. The van der Waals surface area contributed by atoms with E-state index in [-0.39, 0.29) is 16.7 Å². The Morgan fingerprint density at radius 2 is 1.89 bits per heavy atom. The molecule has 1 aromatic heterocycles. The van der Waals surface area contributed by atoms with Gasteiger partial charge in [-0.1, -0.05) is 0 Å². The third kappa shape index (κ3) is 2.59. The molecule has 100 valence electrons. The molecule has 8 heteroatoms. The maximum Gasteiger partial charge on any atom is 0.269 e. The fourth-order valence-corrected chi connectivity index (χ4v) is 2.42. The highest BCUT2D eigenvalue weighted by Crippen LogP contribution is 2.22. The molecule has 0 saturated heterocycles. The van der Waals surface area contributed by atoms with Crippen LogP contribution < -0.4 is 5.56 Å². The summed E-state index contributed by atoms with van der Waals surface area (Å²) in [5, 5.41) is 9.68. The number of carbonyl (C=O) groups excluding carboxylic acids is 1. The topological polar surface area (TPSA) is 114 Å². The molecule has 1 heterocycles. The third-order valence-electron chi connectivity index (χ3n) is 2.61. The lowest BCUT2D eigenvalue weighted by Crippen LogP contribution is -2.26. The van der Waals surface area contributed by atoms with Gasteiger partial charge in [-0.25, -0.2) is 0 Å². The summed E-state index contributed by atoms with van der Waals surface area (Å²) in [5.74, 6) is -1.92. The number of hydrogen-bond donors (Lipinski definition) is 2. The van der Waals surface area contributed by atoms with Gasteiger partial charge in [0.25, 0.3) is 15.7 Å². The van der Waals surface area contributed by atoms with Crippen molar-refractivity contribution in [1.29, 1.82) is 0 Å². The van der Waals surface area contributed by atoms with Gasteiger partial charge in [0, 0.05) is 12.6 Å². The van der Waals surface area contributed by atoms with Gasteiger partial charge in [0.2, 0.25) is 5.88 Å². The van der Waals surface area contributed by atoms with Gasteiger partial charge in [0.15, 0.2) is 5.78 Å². The van der Waals surface area contributed by atoms with Crippen molar-refractivity contribution in [1.82, 2.24) is 4.57 Å². The molecule has 0 amide bonds. The van der Waals surface area contributed by atoms with Crippen LogP contribution in [0.2, 0.25) is 0 Å². The minimum absolute atomic E-state index is 0.0562. The van der Waals surface area contributed by atoms with E-state index in [9.17, 15) is 23.1 Å². The Hall–Kier alpha value is -1.67. The normalized spacial score (nSPS) is 11.6. The number of aromatic nitrogens is 1. The van der Waals surface area contributed by atoms with Gasteiger partial charge >= 0.3 is 0 Å². The molecule has 0 spiro atoms. The lowest BCUT2D eigenvalue weighted by molar-refractivity contribution is 0.101. The fraction of sp³-hybridized carbons (Fsp3) is 0.400. The molecule has 1 aromatic rings. The average Bonchev–Trinajstić information content (AvgIpc) is 2.20. The van der Waals surface area contributed by atoms with Crippen LogP contribution in [0.3, 0.4) is 0 Å². The molecule has 2 N–H and O–H groups in total. The Bertz CT molecular complexity index is 671. The van der Waals surface area contributed by atoms with Crippen LogP contribution in [-0.4, -0.2) is 28.4 Å². The van der Waals surface area contributed by atoms with E-state index < -0.39 is 33.1 Å². The highest BCUT2D eigenvalue weighted by atomic mass is 32.2. The molecule has 0 aliphatic carbocycles. The first-order valence-corrected chi connectivity index (χ1v) is 6.54. The van der Waals surface area contributed by atoms with Crippen LogP contribution in [-0.2, 0) is 22.9 Å². The maximum absolute atomic E-state index is 11.8. The molecule has 0 bridgehead atoms. The standard InChI is InChI=1S/C10H13NO6S/c1-5-7(4-18(15,16)17)9(13)11(3)10(14)8(5)6(2)12/h14H,4H2,1-3H3,(H,15,16,17). The molecule has 0 atom stereocenters. The molecule has 0 aromatic carbocycles. The molecule has 0 saturated carbocycles. The second kappa shape index (κ2) is 4.54. The van der Waals surface area contributed by atoms with Gasteiger partial charge in [-0.3, -0.25) is 18.7 Å². The van der Waals surface area contributed by atoms with Crippen molar-refractivity contribution in [2.45, 2.75) is 19.6 Å². The first-order chi connectivity index (χ1) is 8.06. The van der Waals surface area contributed by atoms with Crippen LogP contribution in [0.5, 0.6) is 5.88 Å². The Labute approximate surface area is 103 Å². The number of pyridine rings is 1. The summed E-state index contributed by atoms with van der Waals surface area (Å²) >= 11 is 0. The second-order valence-electron chi connectivity index (χ2n) is 3.95. The van der Waals surface area contributed by atoms with Crippen LogP contribution in [0.1, 0.15) is 28.4 Å². The summed E-state index contributed by atoms with van der Waals surface area (Å²) in [5.41, 5.74) is -1.08. The Balaban J connectivity index is 3.74. The Morgan fingerprint density at radius 3 is 2.28 bits per heavy atom. The number of ketones is 1. The van der Waals surface area contributed by atoms with Crippen molar-refractivity contribution in [3.05, 3.63) is 27.0 Å². The molecule has 0 aliphatic heterocycles. The Morgan fingerprint density at radius 1 is 1.39 bits per heavy atom. The SMILES string of the molecule is CC(=O)c1c(C)c(CS(=O)(=O)O)c(=O)n(C)c1O. The quantitative estimate of drug-likeness (QED) is 0.592. The highest BCUT2D eigenvalue weighted by Gasteiger charge is 2.22. The van der Waals surface area contributed by atoms with E-state index in [4.69, 9.17) is 4.55 Å². The van der Waals surface area contributed by atoms with Gasteiger partial charge in [0.05, 0.1) is 5.56 Å². The van der Waals surface area contributed by atoms with Gasteiger partial charge in [-0.15, -0.1) is 0 Å². The number of Topliss-reactive ketones (excluding diaryl/α,β-unsaturated/α-hetero) is 1. The predicted octanol–water partition coefficient (Wildman–Crippen LogP) is -0.0103. The van der Waals surface area contributed by atoms with Crippen molar-refractivity contribution in [3.63, 3.8) is 0 Å². The summed E-state index contributed by atoms with van der Waals surface area (Å²) in [4.78, 5) is 23.2.